The number of carbonyl (C=O) groups is 3. The third-order valence-corrected chi connectivity index (χ3v) is 15.2. The van der Waals surface area contributed by atoms with Crippen molar-refractivity contribution in [3.63, 3.8) is 0 Å². The number of ether oxygens (including phenoxy) is 3. The van der Waals surface area contributed by atoms with Gasteiger partial charge in [0.2, 0.25) is 0 Å². The van der Waals surface area contributed by atoms with Gasteiger partial charge >= 0.3 is 17.9 Å². The minimum atomic E-state index is -0.764. The van der Waals surface area contributed by atoms with Crippen LogP contribution < -0.4 is 0 Å². The zero-order valence-electron chi connectivity index (χ0n) is 47.5. The molecule has 0 saturated heterocycles. The molecule has 0 amide bonds. The minimum absolute atomic E-state index is 0.0624. The summed E-state index contributed by atoms with van der Waals surface area (Å²) >= 11 is 0. The van der Waals surface area contributed by atoms with E-state index in [1.54, 1.807) is 0 Å². The predicted octanol–water partition coefficient (Wildman–Crippen LogP) is 20.8. The lowest BCUT2D eigenvalue weighted by molar-refractivity contribution is -0.167. The second-order valence-corrected chi connectivity index (χ2v) is 22.2. The summed E-state index contributed by atoms with van der Waals surface area (Å²) in [6.45, 7) is 11.5. The van der Waals surface area contributed by atoms with Crippen molar-refractivity contribution in [2.75, 3.05) is 13.2 Å². The van der Waals surface area contributed by atoms with Crippen LogP contribution in [0.25, 0.3) is 0 Å². The van der Waals surface area contributed by atoms with Crippen LogP contribution in [0.1, 0.15) is 356 Å². The first kappa shape index (κ1) is 67.4. The van der Waals surface area contributed by atoms with Crippen molar-refractivity contribution in [1.29, 1.82) is 0 Å². The molecule has 0 rings (SSSR count). The molecular weight excluding hydrogens is 853 g/mol. The van der Waals surface area contributed by atoms with Crippen LogP contribution in [0.5, 0.6) is 0 Å². The molecule has 0 heterocycles. The Bertz CT molecular complexity index is 1060. The van der Waals surface area contributed by atoms with E-state index in [1.165, 1.54) is 244 Å². The van der Waals surface area contributed by atoms with E-state index in [-0.39, 0.29) is 31.1 Å². The molecule has 0 spiro atoms. The van der Waals surface area contributed by atoms with Crippen LogP contribution in [0.15, 0.2) is 0 Å². The molecule has 6 nitrogen and oxygen atoms in total. The second-order valence-electron chi connectivity index (χ2n) is 22.2. The molecule has 0 aromatic carbocycles. The molecule has 0 fully saturated rings. The molecule has 0 saturated carbocycles. The summed E-state index contributed by atoms with van der Waals surface area (Å²) < 4.78 is 16.9. The highest BCUT2D eigenvalue weighted by Crippen LogP contribution is 2.19. The molecule has 0 aromatic heterocycles. The second kappa shape index (κ2) is 55.7. The van der Waals surface area contributed by atoms with Crippen molar-refractivity contribution >= 4 is 17.9 Å². The van der Waals surface area contributed by atoms with Gasteiger partial charge in [-0.25, -0.2) is 0 Å². The zero-order chi connectivity index (χ0) is 50.4. The molecule has 410 valence electrons. The molecule has 0 N–H and O–H groups in total. The number of rotatable bonds is 57. The predicted molar refractivity (Wildman–Crippen MR) is 298 cm³/mol. The summed E-state index contributed by atoms with van der Waals surface area (Å²) in [5.74, 6) is 0.931. The molecule has 0 aliphatic carbocycles. The Hall–Kier alpha value is -1.59. The average molecular weight is 976 g/mol. The van der Waals surface area contributed by atoms with E-state index in [9.17, 15) is 14.4 Å². The lowest BCUT2D eigenvalue weighted by atomic mass is 9.99. The zero-order valence-corrected chi connectivity index (χ0v) is 47.5. The summed E-state index contributed by atoms with van der Waals surface area (Å²) in [6.07, 6.45) is 60.9. The van der Waals surface area contributed by atoms with Crippen LogP contribution >= 0.6 is 0 Å². The van der Waals surface area contributed by atoms with E-state index < -0.39 is 6.10 Å². The average Bonchev–Trinajstić information content (AvgIpc) is 3.35. The van der Waals surface area contributed by atoms with Crippen LogP contribution in [-0.4, -0.2) is 37.2 Å². The maximum absolute atomic E-state index is 12.9. The highest BCUT2D eigenvalue weighted by molar-refractivity contribution is 5.71. The highest BCUT2D eigenvalue weighted by atomic mass is 16.6. The monoisotopic (exact) mass is 975 g/mol. The van der Waals surface area contributed by atoms with Gasteiger partial charge in [-0.2, -0.15) is 0 Å². The third-order valence-electron chi connectivity index (χ3n) is 15.2. The summed E-state index contributed by atoms with van der Waals surface area (Å²) in [4.78, 5) is 38.3. The van der Waals surface area contributed by atoms with Gasteiger partial charge in [0.1, 0.15) is 13.2 Å². The van der Waals surface area contributed by atoms with E-state index >= 15 is 0 Å². The first-order valence-electron chi connectivity index (χ1n) is 31.3. The molecule has 2 unspecified atom stereocenters. The Kier molecular flexibility index (Phi) is 54.4. The van der Waals surface area contributed by atoms with E-state index in [4.69, 9.17) is 14.2 Å². The SMILES string of the molecule is CCCCCCCCCCCCCCCCCCCCCC(=O)O[C@@H](COC(=O)CCCCCCCCCCCCCCCCC(C)CC)COC(=O)CCCCCCCCCCCCC(C)CC. The number of hydrogen-bond donors (Lipinski definition) is 0. The van der Waals surface area contributed by atoms with Crippen LogP contribution in [0.2, 0.25) is 0 Å². The number of carbonyl (C=O) groups excluding carboxylic acids is 3. The summed E-state index contributed by atoms with van der Waals surface area (Å²) in [6, 6.07) is 0. The van der Waals surface area contributed by atoms with Gasteiger partial charge in [-0.1, -0.05) is 317 Å². The van der Waals surface area contributed by atoms with Gasteiger partial charge in [-0.3, -0.25) is 14.4 Å². The summed E-state index contributed by atoms with van der Waals surface area (Å²) in [5.41, 5.74) is 0. The van der Waals surface area contributed by atoms with Crippen LogP contribution in [0, 0.1) is 11.8 Å². The van der Waals surface area contributed by atoms with E-state index in [0.717, 1.165) is 69.6 Å². The van der Waals surface area contributed by atoms with Crippen molar-refractivity contribution in [1.82, 2.24) is 0 Å². The minimum Gasteiger partial charge on any atom is -0.462 e. The third kappa shape index (κ3) is 54.0. The smallest absolute Gasteiger partial charge is 0.306 e. The first-order chi connectivity index (χ1) is 33.8. The molecule has 3 atom stereocenters. The molecule has 0 aromatic rings. The van der Waals surface area contributed by atoms with Crippen LogP contribution in [-0.2, 0) is 28.6 Å². The lowest BCUT2D eigenvalue weighted by Gasteiger charge is -2.18. The van der Waals surface area contributed by atoms with E-state index in [0.29, 0.717) is 19.3 Å². The van der Waals surface area contributed by atoms with Crippen molar-refractivity contribution in [2.45, 2.75) is 362 Å². The quantitative estimate of drug-likeness (QED) is 0.0343. The highest BCUT2D eigenvalue weighted by Gasteiger charge is 2.19. The fourth-order valence-electron chi connectivity index (χ4n) is 9.69. The molecule has 0 aliphatic rings. The summed E-state index contributed by atoms with van der Waals surface area (Å²) in [5, 5.41) is 0. The Morgan fingerprint density at radius 2 is 0.507 bits per heavy atom. The molecule has 69 heavy (non-hydrogen) atoms. The number of esters is 3. The van der Waals surface area contributed by atoms with Gasteiger partial charge in [0.25, 0.3) is 0 Å². The Morgan fingerprint density at radius 3 is 0.754 bits per heavy atom. The number of unbranched alkanes of at least 4 members (excludes halogenated alkanes) is 40. The lowest BCUT2D eigenvalue weighted by Crippen LogP contribution is -2.30. The molecule has 0 aliphatic heterocycles. The van der Waals surface area contributed by atoms with Crippen LogP contribution in [0.4, 0.5) is 0 Å². The normalized spacial score (nSPS) is 12.8. The fourth-order valence-corrected chi connectivity index (χ4v) is 9.69. The topological polar surface area (TPSA) is 78.9 Å². The Balaban J connectivity index is 4.29. The van der Waals surface area contributed by atoms with Gasteiger partial charge in [0.05, 0.1) is 0 Å². The standard InChI is InChI=1S/C63H122O6/c1-6-9-10-11-12-13-14-15-16-17-18-19-20-25-28-35-40-45-50-55-63(66)69-60(57-68-62(65)54-49-44-39-34-30-29-32-37-42-47-52-59(5)8-3)56-67-61(64)53-48-43-38-33-27-24-22-21-23-26-31-36-41-46-51-58(4)7-2/h58-60H,6-57H2,1-5H3/t58?,59?,60-/m0/s1. The summed E-state index contributed by atoms with van der Waals surface area (Å²) in [7, 11) is 0. The molecule has 6 heteroatoms. The van der Waals surface area contributed by atoms with Gasteiger partial charge in [0.15, 0.2) is 6.10 Å². The van der Waals surface area contributed by atoms with Crippen molar-refractivity contribution in [2.24, 2.45) is 11.8 Å². The van der Waals surface area contributed by atoms with E-state index in [1.807, 2.05) is 0 Å². The maximum Gasteiger partial charge on any atom is 0.306 e. The number of hydrogen-bond acceptors (Lipinski definition) is 6. The van der Waals surface area contributed by atoms with Crippen molar-refractivity contribution in [3.8, 4) is 0 Å². The maximum atomic E-state index is 12.9. The van der Waals surface area contributed by atoms with Crippen molar-refractivity contribution < 1.29 is 28.6 Å². The van der Waals surface area contributed by atoms with Gasteiger partial charge in [0, 0.05) is 19.3 Å². The van der Waals surface area contributed by atoms with Gasteiger partial charge < -0.3 is 14.2 Å². The Morgan fingerprint density at radius 1 is 0.290 bits per heavy atom. The van der Waals surface area contributed by atoms with Gasteiger partial charge in [-0.05, 0) is 31.1 Å². The Labute approximate surface area is 431 Å². The van der Waals surface area contributed by atoms with Gasteiger partial charge in [-0.15, -0.1) is 0 Å². The molecule has 0 bridgehead atoms. The molecule has 0 radical (unpaired) electrons. The van der Waals surface area contributed by atoms with Crippen molar-refractivity contribution in [3.05, 3.63) is 0 Å². The van der Waals surface area contributed by atoms with E-state index in [2.05, 4.69) is 34.6 Å². The first-order valence-corrected chi connectivity index (χ1v) is 31.3. The van der Waals surface area contributed by atoms with Crippen LogP contribution in [0.3, 0.4) is 0 Å². The largest absolute Gasteiger partial charge is 0.462 e. The fraction of sp³-hybridized carbons (Fsp3) is 0.952. The molecular formula is C63H122O6.